The van der Waals surface area contributed by atoms with Gasteiger partial charge in [-0.2, -0.15) is 0 Å². The highest BCUT2D eigenvalue weighted by molar-refractivity contribution is 8.15. The SMILES string of the molecule is Cc1cc(C)cc(N=C2NC(=O)[C@@H](CC(=O)Nc3ccc(C)cc3C)S2)c1. The van der Waals surface area contributed by atoms with Crippen molar-refractivity contribution in [1.29, 1.82) is 0 Å². The number of nitrogens with one attached hydrogen (secondary N) is 2. The number of carbonyl (C=O) groups is 2. The van der Waals surface area contributed by atoms with E-state index < -0.39 is 5.25 Å². The Morgan fingerprint density at radius 3 is 2.44 bits per heavy atom. The lowest BCUT2D eigenvalue weighted by molar-refractivity contribution is -0.122. The zero-order valence-corrected chi connectivity index (χ0v) is 16.7. The Hall–Kier alpha value is -2.60. The molecule has 2 N–H and O–H groups in total. The smallest absolute Gasteiger partial charge is 0.240 e. The third-order valence-electron chi connectivity index (χ3n) is 4.24. The van der Waals surface area contributed by atoms with Crippen molar-refractivity contribution in [2.24, 2.45) is 4.99 Å². The molecule has 1 saturated heterocycles. The highest BCUT2D eigenvalue weighted by Gasteiger charge is 2.32. The number of carbonyl (C=O) groups excluding carboxylic acids is 2. The van der Waals surface area contributed by atoms with E-state index in [-0.39, 0.29) is 18.2 Å². The summed E-state index contributed by atoms with van der Waals surface area (Å²) < 4.78 is 0. The summed E-state index contributed by atoms with van der Waals surface area (Å²) in [6.45, 7) is 7.98. The second-order valence-electron chi connectivity index (χ2n) is 6.93. The van der Waals surface area contributed by atoms with E-state index in [4.69, 9.17) is 0 Å². The largest absolute Gasteiger partial charge is 0.326 e. The van der Waals surface area contributed by atoms with Crippen LogP contribution < -0.4 is 10.6 Å². The Kier molecular flexibility index (Phi) is 5.65. The molecule has 0 aromatic heterocycles. The van der Waals surface area contributed by atoms with E-state index in [0.29, 0.717) is 5.17 Å². The molecule has 0 spiro atoms. The molecule has 27 heavy (non-hydrogen) atoms. The lowest BCUT2D eigenvalue weighted by Gasteiger charge is -2.10. The van der Waals surface area contributed by atoms with Crippen LogP contribution in [0.2, 0.25) is 0 Å². The van der Waals surface area contributed by atoms with Gasteiger partial charge in [-0.1, -0.05) is 35.5 Å². The Morgan fingerprint density at radius 2 is 1.78 bits per heavy atom. The number of benzene rings is 2. The molecule has 0 unspecified atom stereocenters. The van der Waals surface area contributed by atoms with Gasteiger partial charge in [0, 0.05) is 12.1 Å². The first-order valence-corrected chi connectivity index (χ1v) is 9.70. The number of thioether (sulfide) groups is 1. The number of hydrogen-bond acceptors (Lipinski definition) is 4. The number of aryl methyl sites for hydroxylation is 4. The van der Waals surface area contributed by atoms with Crippen molar-refractivity contribution < 1.29 is 9.59 Å². The summed E-state index contributed by atoms with van der Waals surface area (Å²) in [6.07, 6.45) is 0.107. The second-order valence-corrected chi connectivity index (χ2v) is 8.12. The van der Waals surface area contributed by atoms with E-state index in [1.165, 1.54) is 11.8 Å². The quantitative estimate of drug-likeness (QED) is 0.835. The van der Waals surface area contributed by atoms with Crippen molar-refractivity contribution in [3.8, 4) is 0 Å². The minimum atomic E-state index is -0.472. The van der Waals surface area contributed by atoms with Crippen LogP contribution in [-0.4, -0.2) is 22.2 Å². The number of amidine groups is 1. The summed E-state index contributed by atoms with van der Waals surface area (Å²) >= 11 is 1.30. The highest BCUT2D eigenvalue weighted by atomic mass is 32.2. The van der Waals surface area contributed by atoms with Gasteiger partial charge in [0.1, 0.15) is 5.25 Å². The number of aliphatic imine (C=N–C) groups is 1. The van der Waals surface area contributed by atoms with Crippen molar-refractivity contribution in [2.45, 2.75) is 39.4 Å². The zero-order chi connectivity index (χ0) is 19.6. The molecule has 1 aliphatic heterocycles. The molecule has 0 bridgehead atoms. The van der Waals surface area contributed by atoms with Crippen LogP contribution in [0.5, 0.6) is 0 Å². The molecule has 1 fully saturated rings. The molecule has 0 saturated carbocycles. The first kappa shape index (κ1) is 19.2. The fraction of sp³-hybridized carbons (Fsp3) is 0.286. The van der Waals surface area contributed by atoms with Gasteiger partial charge in [0.15, 0.2) is 5.17 Å². The molecule has 3 rings (SSSR count). The molecule has 1 aliphatic rings. The first-order chi connectivity index (χ1) is 12.8. The summed E-state index contributed by atoms with van der Waals surface area (Å²) in [7, 11) is 0. The maximum Gasteiger partial charge on any atom is 0.240 e. The standard InChI is InChI=1S/C21H23N3O2S/c1-12-5-6-17(15(4)8-12)23-19(25)11-18-20(26)24-21(27-18)22-16-9-13(2)7-14(3)10-16/h5-10,18H,11H2,1-4H3,(H,23,25)(H,22,24,26)/t18-/m1/s1. The number of nitrogens with zero attached hydrogens (tertiary/aromatic N) is 1. The molecular formula is C21H23N3O2S. The number of amides is 2. The molecular weight excluding hydrogens is 358 g/mol. The predicted octanol–water partition coefficient (Wildman–Crippen LogP) is 4.17. The lowest BCUT2D eigenvalue weighted by Crippen LogP contribution is -2.28. The highest BCUT2D eigenvalue weighted by Crippen LogP contribution is 2.27. The lowest BCUT2D eigenvalue weighted by atomic mass is 10.1. The topological polar surface area (TPSA) is 70.6 Å². The summed E-state index contributed by atoms with van der Waals surface area (Å²) in [5, 5.41) is 5.73. The second kappa shape index (κ2) is 7.96. The van der Waals surface area contributed by atoms with Gasteiger partial charge in [-0.3, -0.25) is 9.59 Å². The van der Waals surface area contributed by atoms with Crippen LogP contribution in [0, 0.1) is 27.7 Å². The number of anilines is 1. The van der Waals surface area contributed by atoms with Gasteiger partial charge in [0.2, 0.25) is 11.8 Å². The Bertz CT molecular complexity index is 917. The fourth-order valence-electron chi connectivity index (χ4n) is 3.05. The van der Waals surface area contributed by atoms with Gasteiger partial charge in [0.05, 0.1) is 5.69 Å². The van der Waals surface area contributed by atoms with E-state index in [1.54, 1.807) is 0 Å². The van der Waals surface area contributed by atoms with Crippen molar-refractivity contribution in [3.05, 3.63) is 58.7 Å². The van der Waals surface area contributed by atoms with Crippen LogP contribution >= 0.6 is 11.8 Å². The normalized spacial score (nSPS) is 17.9. The molecule has 1 heterocycles. The molecule has 0 aliphatic carbocycles. The fourth-order valence-corrected chi connectivity index (χ4v) is 4.04. The van der Waals surface area contributed by atoms with Crippen molar-refractivity contribution in [3.63, 3.8) is 0 Å². The predicted molar refractivity (Wildman–Crippen MR) is 112 cm³/mol. The van der Waals surface area contributed by atoms with E-state index in [2.05, 4.69) is 21.7 Å². The molecule has 6 heteroatoms. The van der Waals surface area contributed by atoms with Crippen LogP contribution in [0.25, 0.3) is 0 Å². The molecule has 0 radical (unpaired) electrons. The third-order valence-corrected chi connectivity index (χ3v) is 5.32. The van der Waals surface area contributed by atoms with Gasteiger partial charge in [-0.15, -0.1) is 0 Å². The van der Waals surface area contributed by atoms with Crippen LogP contribution in [0.3, 0.4) is 0 Å². The molecule has 2 aromatic carbocycles. The van der Waals surface area contributed by atoms with Gasteiger partial charge in [0.25, 0.3) is 0 Å². The Morgan fingerprint density at radius 1 is 1.07 bits per heavy atom. The molecule has 2 aromatic rings. The summed E-state index contributed by atoms with van der Waals surface area (Å²) in [5.74, 6) is -0.360. The maximum absolute atomic E-state index is 12.4. The number of rotatable bonds is 4. The monoisotopic (exact) mass is 381 g/mol. The van der Waals surface area contributed by atoms with Gasteiger partial charge >= 0.3 is 0 Å². The van der Waals surface area contributed by atoms with Gasteiger partial charge in [-0.05, 0) is 62.6 Å². The van der Waals surface area contributed by atoms with Gasteiger partial charge in [-0.25, -0.2) is 4.99 Å². The molecule has 5 nitrogen and oxygen atoms in total. The van der Waals surface area contributed by atoms with E-state index >= 15 is 0 Å². The average molecular weight is 382 g/mol. The summed E-state index contributed by atoms with van der Waals surface area (Å²) in [5.41, 5.74) is 5.96. The van der Waals surface area contributed by atoms with Gasteiger partial charge < -0.3 is 10.6 Å². The molecule has 140 valence electrons. The minimum absolute atomic E-state index is 0.107. The summed E-state index contributed by atoms with van der Waals surface area (Å²) in [6, 6.07) is 11.9. The van der Waals surface area contributed by atoms with Crippen LogP contribution in [0.4, 0.5) is 11.4 Å². The van der Waals surface area contributed by atoms with Crippen LogP contribution in [0.15, 0.2) is 41.4 Å². The first-order valence-electron chi connectivity index (χ1n) is 8.82. The van der Waals surface area contributed by atoms with Crippen LogP contribution in [-0.2, 0) is 9.59 Å². The minimum Gasteiger partial charge on any atom is -0.326 e. The maximum atomic E-state index is 12.4. The molecule has 1 atom stereocenters. The Labute approximate surface area is 163 Å². The van der Waals surface area contributed by atoms with E-state index in [9.17, 15) is 9.59 Å². The van der Waals surface area contributed by atoms with Crippen molar-refractivity contribution in [1.82, 2.24) is 5.32 Å². The number of hydrogen-bond donors (Lipinski definition) is 2. The summed E-state index contributed by atoms with van der Waals surface area (Å²) in [4.78, 5) is 29.1. The Balaban J connectivity index is 1.65. The van der Waals surface area contributed by atoms with Crippen molar-refractivity contribution >= 4 is 40.1 Å². The van der Waals surface area contributed by atoms with E-state index in [0.717, 1.165) is 33.6 Å². The van der Waals surface area contributed by atoms with Crippen LogP contribution in [0.1, 0.15) is 28.7 Å². The zero-order valence-electron chi connectivity index (χ0n) is 15.9. The third kappa shape index (κ3) is 4.98. The average Bonchev–Trinajstić information content (AvgIpc) is 2.88. The van der Waals surface area contributed by atoms with Crippen molar-refractivity contribution in [2.75, 3.05) is 5.32 Å². The van der Waals surface area contributed by atoms with E-state index in [1.807, 2.05) is 58.0 Å². The molecule has 2 amide bonds.